The number of rotatable bonds is 8. The number of carbonyl (C=O) groups is 1. The van der Waals surface area contributed by atoms with Gasteiger partial charge in [0, 0.05) is 43.7 Å². The van der Waals surface area contributed by atoms with E-state index < -0.39 is 0 Å². The van der Waals surface area contributed by atoms with Gasteiger partial charge in [-0.1, -0.05) is 12.1 Å². The van der Waals surface area contributed by atoms with Gasteiger partial charge >= 0.3 is 0 Å². The third-order valence-electron chi connectivity index (χ3n) is 5.22. The van der Waals surface area contributed by atoms with Crippen molar-refractivity contribution in [1.29, 1.82) is 0 Å². The molecule has 1 fully saturated rings. The van der Waals surface area contributed by atoms with Crippen molar-refractivity contribution in [2.75, 3.05) is 32.4 Å². The number of likely N-dealkylation sites (tertiary alicyclic amines) is 1. The zero-order valence-electron chi connectivity index (χ0n) is 18.5. The molecular formula is C24H32FIN4OS. The third-order valence-corrected chi connectivity index (χ3v) is 6.32. The normalized spacial score (nSPS) is 13.9. The first-order valence-corrected chi connectivity index (χ1v) is 11.9. The number of halogens is 2. The highest BCUT2D eigenvalue weighted by molar-refractivity contribution is 14.0. The van der Waals surface area contributed by atoms with Crippen LogP contribution in [0.5, 0.6) is 0 Å². The summed E-state index contributed by atoms with van der Waals surface area (Å²) < 4.78 is 12.9. The minimum absolute atomic E-state index is 0. The number of nitrogens with zero attached hydrogens (tertiary/aromatic N) is 2. The summed E-state index contributed by atoms with van der Waals surface area (Å²) in [5.74, 6) is 1.63. The van der Waals surface area contributed by atoms with Gasteiger partial charge in [-0.05, 0) is 73.4 Å². The SMILES string of the molecule is CN=C(NCCCSc1ccc(F)cc1)NCc1ccc(C(=O)N2CCCCC2)cc1.I. The lowest BCUT2D eigenvalue weighted by Gasteiger charge is -2.26. The summed E-state index contributed by atoms with van der Waals surface area (Å²) in [5.41, 5.74) is 1.86. The first-order valence-electron chi connectivity index (χ1n) is 10.9. The molecule has 174 valence electrons. The molecule has 1 amide bonds. The van der Waals surface area contributed by atoms with Gasteiger partial charge in [0.25, 0.3) is 5.91 Å². The average Bonchev–Trinajstić information content (AvgIpc) is 2.82. The van der Waals surface area contributed by atoms with E-state index in [2.05, 4.69) is 15.6 Å². The van der Waals surface area contributed by atoms with E-state index in [4.69, 9.17) is 0 Å². The molecule has 3 rings (SSSR count). The molecule has 0 radical (unpaired) electrons. The molecule has 0 aliphatic carbocycles. The number of nitrogens with one attached hydrogen (secondary N) is 2. The fourth-order valence-electron chi connectivity index (χ4n) is 3.45. The third kappa shape index (κ3) is 8.61. The molecule has 2 N–H and O–H groups in total. The van der Waals surface area contributed by atoms with Gasteiger partial charge in [0.2, 0.25) is 0 Å². The summed E-state index contributed by atoms with van der Waals surface area (Å²) in [6, 6.07) is 14.4. The van der Waals surface area contributed by atoms with Crippen molar-refractivity contribution in [2.24, 2.45) is 4.99 Å². The van der Waals surface area contributed by atoms with Crippen LogP contribution in [0.25, 0.3) is 0 Å². The largest absolute Gasteiger partial charge is 0.356 e. The number of thioether (sulfide) groups is 1. The number of amides is 1. The zero-order chi connectivity index (χ0) is 21.9. The van der Waals surface area contributed by atoms with Crippen LogP contribution in [0.3, 0.4) is 0 Å². The van der Waals surface area contributed by atoms with Crippen molar-refractivity contribution in [3.63, 3.8) is 0 Å². The highest BCUT2D eigenvalue weighted by Gasteiger charge is 2.17. The molecule has 0 unspecified atom stereocenters. The monoisotopic (exact) mass is 570 g/mol. The van der Waals surface area contributed by atoms with Crippen LogP contribution in [0.1, 0.15) is 41.6 Å². The Kier molecular flexibility index (Phi) is 11.9. The van der Waals surface area contributed by atoms with Gasteiger partial charge in [-0.25, -0.2) is 4.39 Å². The fraction of sp³-hybridized carbons (Fsp3) is 0.417. The lowest BCUT2D eigenvalue weighted by molar-refractivity contribution is 0.0724. The minimum Gasteiger partial charge on any atom is -0.356 e. The number of hydrogen-bond donors (Lipinski definition) is 2. The summed E-state index contributed by atoms with van der Waals surface area (Å²) >= 11 is 1.71. The molecule has 8 heteroatoms. The molecule has 32 heavy (non-hydrogen) atoms. The van der Waals surface area contributed by atoms with E-state index in [9.17, 15) is 9.18 Å². The van der Waals surface area contributed by atoms with Crippen LogP contribution >= 0.6 is 35.7 Å². The Bertz CT molecular complexity index is 855. The van der Waals surface area contributed by atoms with Gasteiger partial charge in [-0.2, -0.15) is 0 Å². The lowest BCUT2D eigenvalue weighted by Crippen LogP contribution is -2.37. The van der Waals surface area contributed by atoms with Crippen LogP contribution in [-0.4, -0.2) is 49.2 Å². The highest BCUT2D eigenvalue weighted by atomic mass is 127. The Morgan fingerprint density at radius 2 is 1.72 bits per heavy atom. The number of carbonyl (C=O) groups excluding carboxylic acids is 1. The van der Waals surface area contributed by atoms with Crippen molar-refractivity contribution in [1.82, 2.24) is 15.5 Å². The van der Waals surface area contributed by atoms with Crippen molar-refractivity contribution in [2.45, 2.75) is 37.1 Å². The predicted molar refractivity (Wildman–Crippen MR) is 142 cm³/mol. The number of aliphatic imine (C=N–C) groups is 1. The molecule has 1 heterocycles. The summed E-state index contributed by atoms with van der Waals surface area (Å²) in [6.07, 6.45) is 4.39. The number of piperidine rings is 1. The number of benzene rings is 2. The Balaban J connectivity index is 0.00000363. The van der Waals surface area contributed by atoms with Gasteiger partial charge in [-0.15, -0.1) is 35.7 Å². The Morgan fingerprint density at radius 3 is 2.38 bits per heavy atom. The maximum Gasteiger partial charge on any atom is 0.253 e. The topological polar surface area (TPSA) is 56.7 Å². The van der Waals surface area contributed by atoms with E-state index >= 15 is 0 Å². The van der Waals surface area contributed by atoms with Crippen LogP contribution < -0.4 is 10.6 Å². The minimum atomic E-state index is -0.205. The number of hydrogen-bond acceptors (Lipinski definition) is 3. The van der Waals surface area contributed by atoms with E-state index in [1.807, 2.05) is 29.2 Å². The molecule has 0 saturated carbocycles. The van der Waals surface area contributed by atoms with Crippen molar-refractivity contribution < 1.29 is 9.18 Å². The predicted octanol–water partition coefficient (Wildman–Crippen LogP) is 4.92. The lowest BCUT2D eigenvalue weighted by atomic mass is 10.1. The molecule has 5 nitrogen and oxygen atoms in total. The second kappa shape index (κ2) is 14.4. The standard InChI is InChI=1S/C24H31FN4OS.HI/c1-26-24(27-14-5-17-31-22-12-10-21(25)11-13-22)28-18-19-6-8-20(9-7-19)23(30)29-15-3-2-4-16-29;/h6-13H,2-5,14-18H2,1H3,(H2,26,27,28);1H. The van der Waals surface area contributed by atoms with E-state index in [-0.39, 0.29) is 35.7 Å². The summed E-state index contributed by atoms with van der Waals surface area (Å²) in [5, 5.41) is 6.62. The summed E-state index contributed by atoms with van der Waals surface area (Å²) in [7, 11) is 1.75. The van der Waals surface area contributed by atoms with Crippen LogP contribution in [0, 0.1) is 5.82 Å². The van der Waals surface area contributed by atoms with Gasteiger partial charge < -0.3 is 15.5 Å². The summed E-state index contributed by atoms with van der Waals surface area (Å²) in [4.78, 5) is 19.9. The second-order valence-corrected chi connectivity index (χ2v) is 8.73. The van der Waals surface area contributed by atoms with Crippen molar-refractivity contribution in [3.8, 4) is 0 Å². The van der Waals surface area contributed by atoms with Gasteiger partial charge in [0.1, 0.15) is 5.82 Å². The van der Waals surface area contributed by atoms with E-state index in [1.54, 1.807) is 30.9 Å². The Labute approximate surface area is 211 Å². The smallest absolute Gasteiger partial charge is 0.253 e. The van der Waals surface area contributed by atoms with Crippen LogP contribution in [0.4, 0.5) is 4.39 Å². The van der Waals surface area contributed by atoms with Crippen molar-refractivity contribution in [3.05, 3.63) is 65.5 Å². The van der Waals surface area contributed by atoms with Crippen LogP contribution in [0.2, 0.25) is 0 Å². The van der Waals surface area contributed by atoms with Crippen molar-refractivity contribution >= 4 is 47.6 Å². The van der Waals surface area contributed by atoms with Gasteiger partial charge in [0.05, 0.1) is 0 Å². The Hall–Kier alpha value is -1.81. The van der Waals surface area contributed by atoms with Gasteiger partial charge in [0.15, 0.2) is 5.96 Å². The molecule has 2 aromatic rings. The molecule has 2 aromatic carbocycles. The molecule has 0 atom stereocenters. The first kappa shape index (κ1) is 26.4. The molecular weight excluding hydrogens is 538 g/mol. The second-order valence-electron chi connectivity index (χ2n) is 7.56. The molecule has 1 aliphatic heterocycles. The zero-order valence-corrected chi connectivity index (χ0v) is 21.6. The number of guanidine groups is 1. The van der Waals surface area contributed by atoms with E-state index in [1.165, 1.54) is 18.6 Å². The molecule has 0 bridgehead atoms. The van der Waals surface area contributed by atoms with Crippen LogP contribution in [0.15, 0.2) is 58.4 Å². The molecule has 1 saturated heterocycles. The maximum atomic E-state index is 12.9. The van der Waals surface area contributed by atoms with E-state index in [0.29, 0.717) is 6.54 Å². The average molecular weight is 571 g/mol. The quantitative estimate of drug-likeness (QED) is 0.156. The van der Waals surface area contributed by atoms with E-state index in [0.717, 1.165) is 66.6 Å². The molecule has 0 aromatic heterocycles. The highest BCUT2D eigenvalue weighted by Crippen LogP contribution is 2.18. The fourth-order valence-corrected chi connectivity index (χ4v) is 4.30. The van der Waals surface area contributed by atoms with Crippen LogP contribution in [-0.2, 0) is 6.54 Å². The first-order chi connectivity index (χ1) is 15.2. The summed E-state index contributed by atoms with van der Waals surface area (Å²) in [6.45, 7) is 3.18. The van der Waals surface area contributed by atoms with Gasteiger partial charge in [-0.3, -0.25) is 9.79 Å². The Morgan fingerprint density at radius 1 is 1.03 bits per heavy atom. The molecule has 1 aliphatic rings. The maximum absolute atomic E-state index is 12.9. The molecule has 0 spiro atoms.